The van der Waals surface area contributed by atoms with Crippen LogP contribution in [-0.4, -0.2) is 32.4 Å². The Morgan fingerprint density at radius 2 is 1.90 bits per heavy atom. The molecule has 2 N–H and O–H groups in total. The van der Waals surface area contributed by atoms with E-state index in [9.17, 15) is 34.9 Å². The van der Waals surface area contributed by atoms with Crippen LogP contribution in [0.3, 0.4) is 0 Å². The van der Waals surface area contributed by atoms with Gasteiger partial charge in [-0.1, -0.05) is 0 Å². The predicted molar refractivity (Wildman–Crippen MR) is 107 cm³/mol. The number of benzene rings is 1. The van der Waals surface area contributed by atoms with Crippen LogP contribution in [0.5, 0.6) is 5.75 Å². The highest BCUT2D eigenvalue weighted by Gasteiger charge is 2.47. The van der Waals surface area contributed by atoms with E-state index in [1.54, 1.807) is 0 Å². The summed E-state index contributed by atoms with van der Waals surface area (Å²) < 4.78 is 110. The number of halogens is 6. The minimum absolute atomic E-state index is 0.0499. The zero-order valence-electron chi connectivity index (χ0n) is 15.5. The van der Waals surface area contributed by atoms with Gasteiger partial charge in [0.15, 0.2) is 0 Å². The van der Waals surface area contributed by atoms with Crippen LogP contribution in [0.15, 0.2) is 16.6 Å². The fraction of sp³-hybridized carbons (Fsp3) is 0.467. The van der Waals surface area contributed by atoms with Crippen molar-refractivity contribution in [1.29, 1.82) is 0 Å². The van der Waals surface area contributed by atoms with Crippen molar-refractivity contribution >= 4 is 55.6 Å². The first-order valence-electron chi connectivity index (χ1n) is 8.22. The number of fused-ring (bicyclic) bond motifs is 1. The molecule has 0 aliphatic rings. The Labute approximate surface area is 186 Å². The highest BCUT2D eigenvalue weighted by atomic mass is 79.9. The number of ether oxygens (including phenoxy) is 1. The second-order valence-corrected chi connectivity index (χ2v) is 10.5. The molecule has 16 heteroatoms. The van der Waals surface area contributed by atoms with Crippen LogP contribution in [0, 0.1) is 0 Å². The SMILES string of the molecule is CS(=O)(=O)NCc1cc(OCCCC(F)(F)F)c2sc(C(F)(F)O[P+](=O)O)c(Br)c2c1. The number of sulfonamides is 1. The topological polar surface area (TPSA) is 102 Å². The summed E-state index contributed by atoms with van der Waals surface area (Å²) in [6, 6.07) is 2.68. The average molecular weight is 575 g/mol. The second kappa shape index (κ2) is 9.89. The Morgan fingerprint density at radius 1 is 1.26 bits per heavy atom. The van der Waals surface area contributed by atoms with Gasteiger partial charge in [0.1, 0.15) is 10.6 Å². The minimum atomic E-state index is -4.39. The predicted octanol–water partition coefficient (Wildman–Crippen LogP) is 5.15. The van der Waals surface area contributed by atoms with Crippen molar-refractivity contribution < 1.29 is 49.1 Å². The molecule has 0 bridgehead atoms. The van der Waals surface area contributed by atoms with Crippen LogP contribution in [0.4, 0.5) is 22.0 Å². The Balaban J connectivity index is 2.46. The zero-order chi connectivity index (χ0) is 23.6. The first-order valence-corrected chi connectivity index (χ1v) is 12.8. The first-order chi connectivity index (χ1) is 14.1. The summed E-state index contributed by atoms with van der Waals surface area (Å²) in [5.41, 5.74) is 0.284. The molecule has 1 atom stereocenters. The third-order valence-corrected chi connectivity index (χ3v) is 7.02. The summed E-state index contributed by atoms with van der Waals surface area (Å²) >= 11 is 3.42. The van der Waals surface area contributed by atoms with Gasteiger partial charge in [0.05, 0.1) is 17.6 Å². The fourth-order valence-electron chi connectivity index (χ4n) is 2.40. The first kappa shape index (κ1) is 26.3. The van der Waals surface area contributed by atoms with Crippen molar-refractivity contribution in [1.82, 2.24) is 4.72 Å². The molecule has 0 aliphatic carbocycles. The smallest absolute Gasteiger partial charge is 0.492 e. The summed E-state index contributed by atoms with van der Waals surface area (Å²) in [5, 5.41) is 0.134. The van der Waals surface area contributed by atoms with E-state index in [0.717, 1.165) is 6.26 Å². The van der Waals surface area contributed by atoms with Gasteiger partial charge in [0, 0.05) is 27.4 Å². The fourth-order valence-corrected chi connectivity index (χ4v) is 5.15. The van der Waals surface area contributed by atoms with Crippen molar-refractivity contribution in [2.75, 3.05) is 12.9 Å². The standard InChI is InChI=1S/C15H14BrF5NO6PS2/c1-31(25,26)22-7-8-5-9-11(16)13(15(20,21)28-29(23)24)30-12(9)10(6-8)27-4-2-3-14(17,18)19/h5-6,22H,2-4,7H2,1H3/p+1. The maximum Gasteiger partial charge on any atom is 0.701 e. The van der Waals surface area contributed by atoms with Gasteiger partial charge in [-0.2, -0.15) is 22.0 Å². The number of hydrogen-bond acceptors (Lipinski definition) is 6. The zero-order valence-corrected chi connectivity index (χ0v) is 19.6. The van der Waals surface area contributed by atoms with Gasteiger partial charge in [-0.25, -0.2) is 13.1 Å². The molecule has 7 nitrogen and oxygen atoms in total. The van der Waals surface area contributed by atoms with E-state index in [1.807, 2.05) is 0 Å². The summed E-state index contributed by atoms with van der Waals surface area (Å²) in [4.78, 5) is 7.91. The van der Waals surface area contributed by atoms with Crippen molar-refractivity contribution in [2.24, 2.45) is 0 Å². The molecule has 0 fully saturated rings. The van der Waals surface area contributed by atoms with Crippen molar-refractivity contribution in [2.45, 2.75) is 31.7 Å². The molecule has 1 aromatic carbocycles. The summed E-state index contributed by atoms with van der Waals surface area (Å²) in [7, 11) is -7.23. The molecule has 1 aromatic heterocycles. The number of hydrogen-bond donors (Lipinski definition) is 2. The number of thiophene rings is 1. The summed E-state index contributed by atoms with van der Waals surface area (Å²) in [6.45, 7) is -0.613. The Hall–Kier alpha value is -0.960. The van der Waals surface area contributed by atoms with Gasteiger partial charge in [-0.3, -0.25) is 0 Å². The average Bonchev–Trinajstić information content (AvgIpc) is 2.92. The second-order valence-electron chi connectivity index (χ2n) is 6.22. The van der Waals surface area contributed by atoms with Crippen LogP contribution >= 0.6 is 35.5 Å². The molecule has 1 unspecified atom stereocenters. The van der Waals surface area contributed by atoms with Gasteiger partial charge >= 0.3 is 20.5 Å². The molecule has 0 spiro atoms. The number of rotatable bonds is 10. The van der Waals surface area contributed by atoms with Crippen molar-refractivity contribution in [3.63, 3.8) is 0 Å². The van der Waals surface area contributed by atoms with Crippen LogP contribution in [-0.2, 0) is 31.8 Å². The summed E-state index contributed by atoms with van der Waals surface area (Å²) in [5.74, 6) is -0.0499. The van der Waals surface area contributed by atoms with E-state index < -0.39 is 41.9 Å². The molecule has 2 rings (SSSR count). The normalized spacial score (nSPS) is 13.6. The molecular formula is C15H15BrF5NO6PS2+. The van der Waals surface area contributed by atoms with Gasteiger partial charge in [0.2, 0.25) is 10.0 Å². The molecule has 31 heavy (non-hydrogen) atoms. The quantitative estimate of drug-likeness (QED) is 0.231. The minimum Gasteiger partial charge on any atom is -0.492 e. The molecule has 0 saturated carbocycles. The highest BCUT2D eigenvalue weighted by molar-refractivity contribution is 9.10. The molecule has 174 valence electrons. The molecule has 2 aromatic rings. The molecular weight excluding hydrogens is 560 g/mol. The van der Waals surface area contributed by atoms with Crippen LogP contribution in [0.2, 0.25) is 0 Å². The van der Waals surface area contributed by atoms with Crippen LogP contribution < -0.4 is 9.46 Å². The van der Waals surface area contributed by atoms with Crippen molar-refractivity contribution in [3.8, 4) is 5.75 Å². The van der Waals surface area contributed by atoms with Crippen molar-refractivity contribution in [3.05, 3.63) is 27.0 Å². The lowest BCUT2D eigenvalue weighted by atomic mass is 10.1. The third kappa shape index (κ3) is 7.84. The Kier molecular flexibility index (Phi) is 8.39. The summed E-state index contributed by atoms with van der Waals surface area (Å²) in [6.07, 6.45) is -9.13. The molecule has 0 radical (unpaired) electrons. The maximum absolute atomic E-state index is 14.2. The van der Waals surface area contributed by atoms with Gasteiger partial charge in [-0.15, -0.1) is 16.2 Å². The lowest BCUT2D eigenvalue weighted by molar-refractivity contribution is -0.183. The lowest BCUT2D eigenvalue weighted by Gasteiger charge is -2.11. The van der Waals surface area contributed by atoms with E-state index in [-0.39, 0.29) is 45.4 Å². The Morgan fingerprint density at radius 3 is 2.45 bits per heavy atom. The van der Waals surface area contributed by atoms with E-state index >= 15 is 0 Å². The molecule has 0 aliphatic heterocycles. The van der Waals surface area contributed by atoms with E-state index in [2.05, 4.69) is 25.2 Å². The van der Waals surface area contributed by atoms with Gasteiger partial charge in [0.25, 0.3) is 0 Å². The van der Waals surface area contributed by atoms with E-state index in [1.165, 1.54) is 12.1 Å². The third-order valence-electron chi connectivity index (χ3n) is 3.61. The highest BCUT2D eigenvalue weighted by Crippen LogP contribution is 2.50. The van der Waals surface area contributed by atoms with E-state index in [0.29, 0.717) is 11.3 Å². The molecule has 1 heterocycles. The van der Waals surface area contributed by atoms with Gasteiger partial charge in [-0.05, 0) is 44.6 Å². The molecule has 0 amide bonds. The van der Waals surface area contributed by atoms with Gasteiger partial charge < -0.3 is 4.74 Å². The van der Waals surface area contributed by atoms with Crippen LogP contribution in [0.25, 0.3) is 10.1 Å². The lowest BCUT2D eigenvalue weighted by Crippen LogP contribution is -2.21. The molecule has 0 saturated heterocycles. The number of alkyl halides is 5. The largest absolute Gasteiger partial charge is 0.701 e. The maximum atomic E-state index is 14.2. The van der Waals surface area contributed by atoms with E-state index in [4.69, 9.17) is 9.63 Å². The Bertz CT molecular complexity index is 1080. The monoisotopic (exact) mass is 574 g/mol. The number of nitrogens with one attached hydrogen (secondary N) is 1. The van der Waals surface area contributed by atoms with Crippen LogP contribution in [0.1, 0.15) is 23.3 Å².